The summed E-state index contributed by atoms with van der Waals surface area (Å²) in [7, 11) is 0. The number of urea groups is 1. The van der Waals surface area contributed by atoms with Gasteiger partial charge in [0.2, 0.25) is 0 Å². The van der Waals surface area contributed by atoms with E-state index in [0.29, 0.717) is 0 Å². The third kappa shape index (κ3) is 4.41. The van der Waals surface area contributed by atoms with Crippen LogP contribution in [0.5, 0.6) is 0 Å². The fraction of sp³-hybridized carbons (Fsp3) is 0.733. The van der Waals surface area contributed by atoms with Crippen molar-refractivity contribution < 1.29 is 9.90 Å². The van der Waals surface area contributed by atoms with Crippen molar-refractivity contribution in [3.8, 4) is 0 Å². The smallest absolute Gasteiger partial charge is 0.315 e. The topological polar surface area (TPSA) is 74.2 Å². The average molecular weight is 311 g/mol. The summed E-state index contributed by atoms with van der Waals surface area (Å²) in [4.78, 5) is 17.7. The molecule has 1 saturated carbocycles. The van der Waals surface area contributed by atoms with E-state index in [9.17, 15) is 9.90 Å². The van der Waals surface area contributed by atoms with Crippen molar-refractivity contribution in [2.75, 3.05) is 6.61 Å². The van der Waals surface area contributed by atoms with Crippen LogP contribution in [0.1, 0.15) is 55.5 Å². The monoisotopic (exact) mass is 311 g/mol. The van der Waals surface area contributed by atoms with Crippen LogP contribution in [0.4, 0.5) is 4.79 Å². The minimum absolute atomic E-state index is 0.0819. The number of carbonyl (C=O) groups excluding carboxylic acids is 1. The number of hydrogen-bond donors (Lipinski definition) is 3. The van der Waals surface area contributed by atoms with E-state index in [1.54, 1.807) is 11.3 Å². The zero-order valence-corrected chi connectivity index (χ0v) is 13.6. The Morgan fingerprint density at radius 1 is 1.52 bits per heavy atom. The Morgan fingerprint density at radius 2 is 2.29 bits per heavy atom. The van der Waals surface area contributed by atoms with Gasteiger partial charge in [-0.15, -0.1) is 11.3 Å². The molecule has 1 aromatic rings. The molecule has 0 spiro atoms. The number of thiazole rings is 1. The van der Waals surface area contributed by atoms with E-state index >= 15 is 0 Å². The third-order valence-corrected chi connectivity index (χ3v) is 5.42. The van der Waals surface area contributed by atoms with Crippen molar-refractivity contribution in [1.82, 2.24) is 15.6 Å². The van der Waals surface area contributed by atoms with Gasteiger partial charge in [-0.3, -0.25) is 0 Å². The number of amides is 2. The molecule has 0 aromatic carbocycles. The van der Waals surface area contributed by atoms with E-state index in [1.165, 1.54) is 4.88 Å². The molecule has 21 heavy (non-hydrogen) atoms. The molecule has 1 heterocycles. The van der Waals surface area contributed by atoms with E-state index in [1.807, 2.05) is 13.1 Å². The lowest BCUT2D eigenvalue weighted by atomic mass is 9.85. The second-order valence-electron chi connectivity index (χ2n) is 5.69. The number of nitrogens with one attached hydrogen (secondary N) is 2. The Balaban J connectivity index is 1.85. The van der Waals surface area contributed by atoms with Gasteiger partial charge in [-0.25, -0.2) is 9.78 Å². The van der Waals surface area contributed by atoms with Crippen LogP contribution in [0.15, 0.2) is 6.20 Å². The lowest BCUT2D eigenvalue weighted by Gasteiger charge is -2.31. The Labute approximate surface area is 130 Å². The number of aryl methyl sites for hydroxylation is 1. The first kappa shape index (κ1) is 16.2. The first-order valence-electron chi connectivity index (χ1n) is 7.76. The van der Waals surface area contributed by atoms with E-state index < -0.39 is 0 Å². The highest BCUT2D eigenvalue weighted by Crippen LogP contribution is 2.24. The summed E-state index contributed by atoms with van der Waals surface area (Å²) in [5, 5.41) is 16.3. The lowest BCUT2D eigenvalue weighted by Crippen LogP contribution is -2.48. The molecule has 1 fully saturated rings. The normalized spacial score (nSPS) is 23.6. The Bertz CT molecular complexity index is 464. The molecule has 0 bridgehead atoms. The SMILES string of the molecule is CCc1cnc(C(C)NC(=O)NC2CCCCC2CO)s1. The van der Waals surface area contributed by atoms with Crippen molar-refractivity contribution >= 4 is 17.4 Å². The molecule has 0 radical (unpaired) electrons. The van der Waals surface area contributed by atoms with Crippen LogP contribution >= 0.6 is 11.3 Å². The Morgan fingerprint density at radius 3 is 2.95 bits per heavy atom. The van der Waals surface area contributed by atoms with Gasteiger partial charge >= 0.3 is 6.03 Å². The van der Waals surface area contributed by atoms with Crippen LogP contribution in [0.3, 0.4) is 0 Å². The summed E-state index contributed by atoms with van der Waals surface area (Å²) < 4.78 is 0. The maximum atomic E-state index is 12.1. The highest BCUT2D eigenvalue weighted by molar-refractivity contribution is 7.11. The van der Waals surface area contributed by atoms with Crippen molar-refractivity contribution in [2.45, 2.75) is 58.0 Å². The Hall–Kier alpha value is -1.14. The number of rotatable bonds is 5. The van der Waals surface area contributed by atoms with Gasteiger partial charge in [0, 0.05) is 29.6 Å². The van der Waals surface area contributed by atoms with Crippen LogP contribution in [-0.4, -0.2) is 28.8 Å². The summed E-state index contributed by atoms with van der Waals surface area (Å²) in [6, 6.07) is -0.175. The number of aromatic nitrogens is 1. The predicted octanol–water partition coefficient (Wildman–Crippen LogP) is 2.62. The van der Waals surface area contributed by atoms with Gasteiger partial charge in [-0.2, -0.15) is 0 Å². The van der Waals surface area contributed by atoms with Crippen molar-refractivity contribution in [3.05, 3.63) is 16.1 Å². The largest absolute Gasteiger partial charge is 0.396 e. The van der Waals surface area contributed by atoms with Crippen molar-refractivity contribution in [1.29, 1.82) is 0 Å². The van der Waals surface area contributed by atoms with Gasteiger partial charge in [0.1, 0.15) is 5.01 Å². The maximum absolute atomic E-state index is 12.1. The number of hydrogen-bond acceptors (Lipinski definition) is 4. The molecule has 2 rings (SSSR count). The third-order valence-electron chi connectivity index (χ3n) is 4.10. The van der Waals surface area contributed by atoms with Crippen molar-refractivity contribution in [3.63, 3.8) is 0 Å². The van der Waals surface area contributed by atoms with Gasteiger partial charge in [-0.05, 0) is 26.2 Å². The molecule has 6 heteroatoms. The second kappa shape index (κ2) is 7.75. The minimum Gasteiger partial charge on any atom is -0.396 e. The molecule has 3 N–H and O–H groups in total. The molecule has 3 unspecified atom stereocenters. The van der Waals surface area contributed by atoms with E-state index in [0.717, 1.165) is 37.1 Å². The van der Waals surface area contributed by atoms with E-state index in [-0.39, 0.29) is 30.6 Å². The number of aliphatic hydroxyl groups excluding tert-OH is 1. The molecule has 1 aliphatic rings. The van der Waals surface area contributed by atoms with E-state index in [4.69, 9.17) is 0 Å². The molecule has 0 saturated heterocycles. The first-order chi connectivity index (χ1) is 10.1. The summed E-state index contributed by atoms with van der Waals surface area (Å²) in [5.74, 6) is 0.186. The Kier molecular flexibility index (Phi) is 5.99. The van der Waals surface area contributed by atoms with Crippen LogP contribution < -0.4 is 10.6 Å². The number of aliphatic hydroxyl groups is 1. The molecule has 1 aromatic heterocycles. The maximum Gasteiger partial charge on any atom is 0.315 e. The molecular formula is C15H25N3O2S. The molecular weight excluding hydrogens is 286 g/mol. The summed E-state index contributed by atoms with van der Waals surface area (Å²) in [6.45, 7) is 4.19. The van der Waals surface area contributed by atoms with Crippen LogP contribution in [-0.2, 0) is 6.42 Å². The molecule has 3 atom stereocenters. The fourth-order valence-corrected chi connectivity index (χ4v) is 3.63. The van der Waals surface area contributed by atoms with Crippen LogP contribution in [0, 0.1) is 5.92 Å². The summed E-state index contributed by atoms with van der Waals surface area (Å²) >= 11 is 1.64. The average Bonchev–Trinajstić information content (AvgIpc) is 2.96. The fourth-order valence-electron chi connectivity index (χ4n) is 2.77. The van der Waals surface area contributed by atoms with Gasteiger partial charge in [0.05, 0.1) is 6.04 Å². The standard InChI is InChI=1S/C15H25N3O2S/c1-3-12-8-16-14(21-12)10(2)17-15(20)18-13-7-5-4-6-11(13)9-19/h8,10-11,13,19H,3-7,9H2,1-2H3,(H2,17,18,20). The van der Waals surface area contributed by atoms with Crippen molar-refractivity contribution in [2.24, 2.45) is 5.92 Å². The number of nitrogens with zero attached hydrogens (tertiary/aromatic N) is 1. The van der Waals surface area contributed by atoms with Gasteiger partial charge in [0.15, 0.2) is 0 Å². The molecule has 118 valence electrons. The summed E-state index contributed by atoms with van der Waals surface area (Å²) in [6.07, 6.45) is 7.03. The zero-order valence-electron chi connectivity index (χ0n) is 12.8. The van der Waals surface area contributed by atoms with Crippen LogP contribution in [0.25, 0.3) is 0 Å². The van der Waals surface area contributed by atoms with Gasteiger partial charge < -0.3 is 15.7 Å². The minimum atomic E-state index is -0.166. The molecule has 5 nitrogen and oxygen atoms in total. The molecule has 2 amide bonds. The first-order valence-corrected chi connectivity index (χ1v) is 8.58. The highest BCUT2D eigenvalue weighted by atomic mass is 32.1. The second-order valence-corrected chi connectivity index (χ2v) is 6.84. The predicted molar refractivity (Wildman–Crippen MR) is 84.4 cm³/mol. The molecule has 1 aliphatic carbocycles. The van der Waals surface area contributed by atoms with Gasteiger partial charge in [-0.1, -0.05) is 19.8 Å². The highest BCUT2D eigenvalue weighted by Gasteiger charge is 2.26. The summed E-state index contributed by atoms with van der Waals surface area (Å²) in [5.41, 5.74) is 0. The zero-order chi connectivity index (χ0) is 15.2. The number of carbonyl (C=O) groups is 1. The molecule has 0 aliphatic heterocycles. The van der Waals surface area contributed by atoms with Gasteiger partial charge in [0.25, 0.3) is 0 Å². The quantitative estimate of drug-likeness (QED) is 0.782. The lowest BCUT2D eigenvalue weighted by molar-refractivity contribution is 0.153. The van der Waals surface area contributed by atoms with E-state index in [2.05, 4.69) is 22.5 Å². The van der Waals surface area contributed by atoms with Crippen LogP contribution in [0.2, 0.25) is 0 Å².